The van der Waals surface area contributed by atoms with E-state index in [9.17, 15) is 14.4 Å². The van der Waals surface area contributed by atoms with Crippen LogP contribution in [0, 0.1) is 6.92 Å². The second-order valence-electron chi connectivity index (χ2n) is 7.25. The van der Waals surface area contributed by atoms with Gasteiger partial charge in [0.2, 0.25) is 0 Å². The predicted molar refractivity (Wildman–Crippen MR) is 125 cm³/mol. The van der Waals surface area contributed by atoms with Gasteiger partial charge >= 0.3 is 6.03 Å². The minimum absolute atomic E-state index is 0.159. The fraction of sp³-hybridized carbons (Fsp3) is 0.0800. The molecule has 6 nitrogen and oxygen atoms in total. The molecule has 1 N–H and O–H groups in total. The lowest BCUT2D eigenvalue weighted by Gasteiger charge is -2.26. The highest BCUT2D eigenvalue weighted by Crippen LogP contribution is 2.28. The Balaban J connectivity index is 1.67. The van der Waals surface area contributed by atoms with Crippen molar-refractivity contribution in [2.24, 2.45) is 0 Å². The summed E-state index contributed by atoms with van der Waals surface area (Å²) < 4.78 is 6.70. The third-order valence-electron chi connectivity index (χ3n) is 4.90. The van der Waals surface area contributed by atoms with E-state index in [4.69, 9.17) is 4.74 Å². The molecule has 0 aliphatic carbocycles. The molecule has 32 heavy (non-hydrogen) atoms. The van der Waals surface area contributed by atoms with Gasteiger partial charge in [0.1, 0.15) is 17.9 Å². The quantitative estimate of drug-likeness (QED) is 0.403. The molecule has 0 radical (unpaired) electrons. The molecular weight excluding hydrogens is 472 g/mol. The van der Waals surface area contributed by atoms with Crippen LogP contribution in [0.2, 0.25) is 0 Å². The van der Waals surface area contributed by atoms with E-state index in [1.807, 2.05) is 43.3 Å². The van der Waals surface area contributed by atoms with E-state index in [0.29, 0.717) is 23.6 Å². The molecule has 160 valence electrons. The van der Waals surface area contributed by atoms with E-state index < -0.39 is 17.8 Å². The van der Waals surface area contributed by atoms with Crippen LogP contribution in [0.5, 0.6) is 5.75 Å². The van der Waals surface area contributed by atoms with Crippen molar-refractivity contribution >= 4 is 45.5 Å². The third kappa shape index (κ3) is 4.63. The summed E-state index contributed by atoms with van der Waals surface area (Å²) >= 11 is 3.42. The van der Waals surface area contributed by atoms with Crippen LogP contribution in [0.4, 0.5) is 10.5 Å². The van der Waals surface area contributed by atoms with Gasteiger partial charge in [-0.25, -0.2) is 9.69 Å². The van der Waals surface area contributed by atoms with Gasteiger partial charge in [0.05, 0.1) is 5.69 Å². The van der Waals surface area contributed by atoms with Gasteiger partial charge in [-0.05, 0) is 48.9 Å². The van der Waals surface area contributed by atoms with Crippen LogP contribution in [-0.4, -0.2) is 17.8 Å². The number of nitrogens with one attached hydrogen (secondary N) is 1. The minimum Gasteiger partial charge on any atom is -0.488 e. The zero-order valence-corrected chi connectivity index (χ0v) is 18.8. The first-order chi connectivity index (χ1) is 15.4. The molecule has 0 spiro atoms. The van der Waals surface area contributed by atoms with E-state index in [1.54, 1.807) is 36.4 Å². The Hall–Kier alpha value is -3.71. The smallest absolute Gasteiger partial charge is 0.335 e. The largest absolute Gasteiger partial charge is 0.488 e. The van der Waals surface area contributed by atoms with Crippen molar-refractivity contribution in [1.82, 2.24) is 5.32 Å². The standard InChI is InChI=1S/C25H19BrN2O4/c1-16-7-10-20(11-8-16)28-24(30)21(23(29)27-25(28)31)14-18-13-19(26)9-12-22(18)32-15-17-5-3-2-4-6-17/h2-14H,15H2,1H3,(H,27,29,31)/b21-14-. The van der Waals surface area contributed by atoms with E-state index in [2.05, 4.69) is 21.2 Å². The highest BCUT2D eigenvalue weighted by atomic mass is 79.9. The monoisotopic (exact) mass is 490 g/mol. The first-order valence-corrected chi connectivity index (χ1v) is 10.7. The zero-order valence-electron chi connectivity index (χ0n) is 17.2. The number of barbiturate groups is 1. The molecule has 0 bridgehead atoms. The Morgan fingerprint density at radius 1 is 0.969 bits per heavy atom. The summed E-state index contributed by atoms with van der Waals surface area (Å²) in [6, 6.07) is 21.1. The lowest BCUT2D eigenvalue weighted by molar-refractivity contribution is -0.122. The molecule has 4 amide bonds. The molecule has 0 aromatic heterocycles. The number of hydrogen-bond donors (Lipinski definition) is 1. The van der Waals surface area contributed by atoms with Crippen molar-refractivity contribution < 1.29 is 19.1 Å². The average Bonchev–Trinajstić information content (AvgIpc) is 2.78. The van der Waals surface area contributed by atoms with Crippen LogP contribution in [0.3, 0.4) is 0 Å². The number of urea groups is 1. The number of amides is 4. The number of halogens is 1. The van der Waals surface area contributed by atoms with Crippen molar-refractivity contribution in [1.29, 1.82) is 0 Å². The normalized spacial score (nSPS) is 15.1. The number of carbonyl (C=O) groups is 3. The van der Waals surface area contributed by atoms with Crippen molar-refractivity contribution in [3.05, 3.63) is 99.5 Å². The van der Waals surface area contributed by atoms with Crippen LogP contribution in [0.1, 0.15) is 16.7 Å². The summed E-state index contributed by atoms with van der Waals surface area (Å²) in [7, 11) is 0. The molecular formula is C25H19BrN2O4. The lowest BCUT2D eigenvalue weighted by Crippen LogP contribution is -2.54. The van der Waals surface area contributed by atoms with Crippen LogP contribution >= 0.6 is 15.9 Å². The number of anilines is 1. The fourth-order valence-corrected chi connectivity index (χ4v) is 3.62. The molecule has 1 heterocycles. The second-order valence-corrected chi connectivity index (χ2v) is 8.17. The SMILES string of the molecule is Cc1ccc(N2C(=O)NC(=O)/C(=C/c3cc(Br)ccc3OCc3ccccc3)C2=O)cc1. The molecule has 1 saturated heterocycles. The van der Waals surface area contributed by atoms with Gasteiger partial charge < -0.3 is 4.74 Å². The zero-order chi connectivity index (χ0) is 22.7. The van der Waals surface area contributed by atoms with Crippen molar-refractivity contribution in [3.8, 4) is 5.75 Å². The number of rotatable bonds is 5. The topological polar surface area (TPSA) is 75.7 Å². The summed E-state index contributed by atoms with van der Waals surface area (Å²) in [5, 5.41) is 2.24. The number of nitrogens with zero attached hydrogens (tertiary/aromatic N) is 1. The number of imide groups is 2. The summed E-state index contributed by atoms with van der Waals surface area (Å²) in [5.41, 5.74) is 2.72. The highest BCUT2D eigenvalue weighted by molar-refractivity contribution is 9.10. The summed E-state index contributed by atoms with van der Waals surface area (Å²) in [6.07, 6.45) is 1.44. The van der Waals surface area contributed by atoms with Crippen LogP contribution in [0.25, 0.3) is 6.08 Å². The maximum absolute atomic E-state index is 13.1. The summed E-state index contributed by atoms with van der Waals surface area (Å²) in [5.74, 6) is -0.946. The third-order valence-corrected chi connectivity index (χ3v) is 5.40. The molecule has 1 fully saturated rings. The molecule has 7 heteroatoms. The number of benzene rings is 3. The lowest BCUT2D eigenvalue weighted by atomic mass is 10.1. The fourth-order valence-electron chi connectivity index (χ4n) is 3.24. The summed E-state index contributed by atoms with van der Waals surface area (Å²) in [4.78, 5) is 39.0. The number of carbonyl (C=O) groups excluding carboxylic acids is 3. The first-order valence-electron chi connectivity index (χ1n) is 9.87. The molecule has 1 aliphatic heterocycles. The van der Waals surface area contributed by atoms with Crippen molar-refractivity contribution in [2.75, 3.05) is 4.90 Å². The average molecular weight is 491 g/mol. The van der Waals surface area contributed by atoms with E-state index in [-0.39, 0.29) is 5.57 Å². The Morgan fingerprint density at radius 3 is 2.41 bits per heavy atom. The molecule has 3 aromatic carbocycles. The van der Waals surface area contributed by atoms with Gasteiger partial charge in [0.25, 0.3) is 11.8 Å². The van der Waals surface area contributed by atoms with Crippen LogP contribution < -0.4 is 15.0 Å². The molecule has 1 aliphatic rings. The van der Waals surface area contributed by atoms with Gasteiger partial charge in [-0.15, -0.1) is 0 Å². The number of ether oxygens (including phenoxy) is 1. The first kappa shape index (κ1) is 21.5. The van der Waals surface area contributed by atoms with Crippen molar-refractivity contribution in [3.63, 3.8) is 0 Å². The van der Waals surface area contributed by atoms with E-state index in [0.717, 1.165) is 20.5 Å². The molecule has 0 saturated carbocycles. The Labute approximate surface area is 193 Å². The van der Waals surface area contributed by atoms with E-state index >= 15 is 0 Å². The van der Waals surface area contributed by atoms with Gasteiger partial charge in [0, 0.05) is 10.0 Å². The highest BCUT2D eigenvalue weighted by Gasteiger charge is 2.36. The predicted octanol–water partition coefficient (Wildman–Crippen LogP) is 5.00. The van der Waals surface area contributed by atoms with Crippen LogP contribution in [-0.2, 0) is 16.2 Å². The van der Waals surface area contributed by atoms with E-state index in [1.165, 1.54) is 6.08 Å². The molecule has 4 rings (SSSR count). The summed E-state index contributed by atoms with van der Waals surface area (Å²) in [6.45, 7) is 2.23. The maximum Gasteiger partial charge on any atom is 0.335 e. The van der Waals surface area contributed by atoms with Gasteiger partial charge in [-0.2, -0.15) is 0 Å². The molecule has 3 aromatic rings. The molecule has 0 atom stereocenters. The van der Waals surface area contributed by atoms with Gasteiger partial charge in [0.15, 0.2) is 0 Å². The van der Waals surface area contributed by atoms with Crippen LogP contribution in [0.15, 0.2) is 82.8 Å². The van der Waals surface area contributed by atoms with Gasteiger partial charge in [-0.1, -0.05) is 64.0 Å². The Bertz CT molecular complexity index is 1220. The maximum atomic E-state index is 13.1. The Morgan fingerprint density at radius 2 is 1.69 bits per heavy atom. The number of hydrogen-bond acceptors (Lipinski definition) is 4. The minimum atomic E-state index is -0.782. The van der Waals surface area contributed by atoms with Crippen molar-refractivity contribution in [2.45, 2.75) is 13.5 Å². The molecule has 0 unspecified atom stereocenters. The number of aryl methyl sites for hydroxylation is 1. The van der Waals surface area contributed by atoms with Gasteiger partial charge in [-0.3, -0.25) is 14.9 Å². The second kappa shape index (κ2) is 9.20. The Kier molecular flexibility index (Phi) is 6.18.